The first-order valence-corrected chi connectivity index (χ1v) is 4.14. The van der Waals surface area contributed by atoms with E-state index >= 15 is 0 Å². The molecular weight excluding hydrogens is 222 g/mol. The molecule has 0 bridgehead atoms. The molecule has 0 rings (SSSR count). The highest BCUT2D eigenvalue weighted by molar-refractivity contribution is 9.09. The topological polar surface area (TPSA) is 12.0 Å². The third kappa shape index (κ3) is 4.78. The summed E-state index contributed by atoms with van der Waals surface area (Å²) < 4.78 is 2.95. The maximum absolute atomic E-state index is 3.33. The maximum Gasteiger partial charge on any atom is 0.0154 e. The first-order valence-electron chi connectivity index (χ1n) is 2.23. The van der Waals surface area contributed by atoms with Crippen LogP contribution in [0.5, 0.6) is 0 Å². The Morgan fingerprint density at radius 3 is 2.43 bits per heavy atom. The average molecular weight is 231 g/mol. The van der Waals surface area contributed by atoms with Crippen LogP contribution in [-0.4, -0.2) is 11.4 Å². The molecule has 3 heteroatoms. The van der Waals surface area contributed by atoms with Gasteiger partial charge in [0.05, 0.1) is 0 Å². The van der Waals surface area contributed by atoms with E-state index in [4.69, 9.17) is 0 Å². The van der Waals surface area contributed by atoms with Crippen molar-refractivity contribution in [2.45, 2.75) is 19.4 Å². The SMILES string of the molecule is C[C@H](CCBr)NBr. The highest BCUT2D eigenvalue weighted by Gasteiger charge is 1.93. The molecule has 1 nitrogen and oxygen atoms in total. The minimum Gasteiger partial charge on any atom is -0.253 e. The zero-order valence-electron chi connectivity index (χ0n) is 4.25. The molecule has 0 radical (unpaired) electrons. The van der Waals surface area contributed by atoms with Crippen molar-refractivity contribution in [2.24, 2.45) is 0 Å². The molecule has 7 heavy (non-hydrogen) atoms. The van der Waals surface area contributed by atoms with Crippen LogP contribution in [0.25, 0.3) is 0 Å². The quantitative estimate of drug-likeness (QED) is 0.578. The summed E-state index contributed by atoms with van der Waals surface area (Å²) in [6, 6.07) is 0.569. The van der Waals surface area contributed by atoms with Crippen molar-refractivity contribution >= 4 is 32.1 Å². The summed E-state index contributed by atoms with van der Waals surface area (Å²) in [6.45, 7) is 2.12. The van der Waals surface area contributed by atoms with Gasteiger partial charge in [-0.05, 0) is 13.3 Å². The van der Waals surface area contributed by atoms with Crippen LogP contribution in [0.3, 0.4) is 0 Å². The minimum atomic E-state index is 0.569. The Hall–Kier alpha value is 0.920. The molecule has 0 aliphatic carbocycles. The first kappa shape index (κ1) is 7.92. The van der Waals surface area contributed by atoms with Gasteiger partial charge >= 0.3 is 0 Å². The summed E-state index contributed by atoms with van der Waals surface area (Å²) in [4.78, 5) is 0. The highest BCUT2D eigenvalue weighted by atomic mass is 79.9. The fraction of sp³-hybridized carbons (Fsp3) is 1.00. The van der Waals surface area contributed by atoms with Gasteiger partial charge in [-0.15, -0.1) is 0 Å². The smallest absolute Gasteiger partial charge is 0.0154 e. The van der Waals surface area contributed by atoms with Crippen molar-refractivity contribution in [1.82, 2.24) is 4.34 Å². The van der Waals surface area contributed by atoms with Gasteiger partial charge in [0.25, 0.3) is 0 Å². The van der Waals surface area contributed by atoms with E-state index in [1.54, 1.807) is 0 Å². The molecule has 0 aromatic rings. The van der Waals surface area contributed by atoms with Crippen molar-refractivity contribution in [2.75, 3.05) is 5.33 Å². The van der Waals surface area contributed by atoms with Crippen LogP contribution in [0.15, 0.2) is 0 Å². The fourth-order valence-corrected chi connectivity index (χ4v) is 1.13. The zero-order valence-corrected chi connectivity index (χ0v) is 7.42. The first-order chi connectivity index (χ1) is 3.31. The third-order valence-electron chi connectivity index (χ3n) is 0.728. The molecule has 0 aromatic carbocycles. The highest BCUT2D eigenvalue weighted by Crippen LogP contribution is 1.94. The van der Waals surface area contributed by atoms with Gasteiger partial charge in [-0.1, -0.05) is 15.9 Å². The fourth-order valence-electron chi connectivity index (χ4n) is 0.218. The van der Waals surface area contributed by atoms with Gasteiger partial charge in [0.1, 0.15) is 0 Å². The van der Waals surface area contributed by atoms with E-state index in [2.05, 4.69) is 43.3 Å². The van der Waals surface area contributed by atoms with Gasteiger partial charge in [-0.3, -0.25) is 4.34 Å². The number of hydrogen-bond acceptors (Lipinski definition) is 1. The number of halogens is 2. The summed E-state index contributed by atoms with van der Waals surface area (Å²) in [6.07, 6.45) is 1.16. The van der Waals surface area contributed by atoms with Gasteiger partial charge in [-0.2, -0.15) is 0 Å². The van der Waals surface area contributed by atoms with Crippen molar-refractivity contribution < 1.29 is 0 Å². The Morgan fingerprint density at radius 2 is 2.29 bits per heavy atom. The van der Waals surface area contributed by atoms with Crippen molar-refractivity contribution in [3.8, 4) is 0 Å². The van der Waals surface area contributed by atoms with Gasteiger partial charge < -0.3 is 0 Å². The largest absolute Gasteiger partial charge is 0.253 e. The summed E-state index contributed by atoms with van der Waals surface area (Å²) in [5.74, 6) is 0. The molecule has 0 saturated carbocycles. The van der Waals surface area contributed by atoms with Crippen LogP contribution in [0, 0.1) is 0 Å². The molecule has 0 saturated heterocycles. The number of nitrogens with one attached hydrogen (secondary N) is 1. The lowest BCUT2D eigenvalue weighted by atomic mass is 10.3. The Kier molecular flexibility index (Phi) is 5.73. The van der Waals surface area contributed by atoms with Crippen molar-refractivity contribution in [1.29, 1.82) is 0 Å². The molecule has 0 aromatic heterocycles. The zero-order chi connectivity index (χ0) is 5.70. The molecule has 0 aliphatic heterocycles. The second-order valence-electron chi connectivity index (χ2n) is 1.49. The molecule has 1 N–H and O–H groups in total. The van der Waals surface area contributed by atoms with Crippen LogP contribution in [0.2, 0.25) is 0 Å². The third-order valence-corrected chi connectivity index (χ3v) is 1.97. The predicted octanol–water partition coefficient (Wildman–Crippen LogP) is 2.06. The Balaban J connectivity index is 2.83. The Morgan fingerprint density at radius 1 is 1.71 bits per heavy atom. The monoisotopic (exact) mass is 229 g/mol. The molecular formula is C4H9Br2N. The van der Waals surface area contributed by atoms with E-state index in [-0.39, 0.29) is 0 Å². The maximum atomic E-state index is 3.33. The van der Waals surface area contributed by atoms with Crippen LogP contribution < -0.4 is 4.34 Å². The number of alkyl halides is 1. The second kappa shape index (κ2) is 5.06. The molecule has 1 atom stereocenters. The second-order valence-corrected chi connectivity index (χ2v) is 2.74. The van der Waals surface area contributed by atoms with E-state index < -0.39 is 0 Å². The van der Waals surface area contributed by atoms with E-state index in [1.807, 2.05) is 0 Å². The van der Waals surface area contributed by atoms with E-state index in [0.717, 1.165) is 11.8 Å². The van der Waals surface area contributed by atoms with Crippen LogP contribution in [-0.2, 0) is 0 Å². The number of rotatable bonds is 3. The molecule has 0 spiro atoms. The molecule has 0 heterocycles. The van der Waals surface area contributed by atoms with E-state index in [9.17, 15) is 0 Å². The van der Waals surface area contributed by atoms with Crippen LogP contribution in [0.1, 0.15) is 13.3 Å². The lowest BCUT2D eigenvalue weighted by Gasteiger charge is -2.02. The molecule has 44 valence electrons. The van der Waals surface area contributed by atoms with Crippen LogP contribution in [0.4, 0.5) is 0 Å². The summed E-state index contributed by atoms with van der Waals surface area (Å²) >= 11 is 6.47. The molecule has 0 aliphatic rings. The van der Waals surface area contributed by atoms with Crippen molar-refractivity contribution in [3.63, 3.8) is 0 Å². The number of hydrogen-bond donors (Lipinski definition) is 1. The van der Waals surface area contributed by atoms with E-state index in [0.29, 0.717) is 6.04 Å². The lowest BCUT2D eigenvalue weighted by molar-refractivity contribution is 0.685. The summed E-state index contributed by atoms with van der Waals surface area (Å²) in [5, 5.41) is 1.06. The van der Waals surface area contributed by atoms with Gasteiger partial charge in [-0.25, -0.2) is 0 Å². The van der Waals surface area contributed by atoms with Gasteiger partial charge in [0.2, 0.25) is 0 Å². The van der Waals surface area contributed by atoms with Crippen LogP contribution >= 0.6 is 32.1 Å². The Bertz CT molecular complexity index is 40.7. The van der Waals surface area contributed by atoms with Gasteiger partial charge in [0, 0.05) is 27.5 Å². The molecule has 0 fully saturated rings. The average Bonchev–Trinajstić information content (AvgIpc) is 1.68. The normalized spacial score (nSPS) is 14.1. The molecule has 0 amide bonds. The minimum absolute atomic E-state index is 0.569. The Labute approximate surface area is 61.3 Å². The lowest BCUT2D eigenvalue weighted by Crippen LogP contribution is -2.15. The van der Waals surface area contributed by atoms with Gasteiger partial charge in [0.15, 0.2) is 0 Å². The predicted molar refractivity (Wildman–Crippen MR) is 39.9 cm³/mol. The van der Waals surface area contributed by atoms with Crippen molar-refractivity contribution in [3.05, 3.63) is 0 Å². The van der Waals surface area contributed by atoms with E-state index in [1.165, 1.54) is 0 Å². The molecule has 0 unspecified atom stereocenters. The summed E-state index contributed by atoms with van der Waals surface area (Å²) in [7, 11) is 0. The standard InChI is InChI=1S/C4H9Br2N/c1-4(7-6)2-3-5/h4,7H,2-3H2,1H3/t4-/m1/s1. The summed E-state index contributed by atoms with van der Waals surface area (Å²) in [5.41, 5.74) is 0.